The second-order valence-corrected chi connectivity index (χ2v) is 5.26. The van der Waals surface area contributed by atoms with Crippen molar-refractivity contribution < 1.29 is 28.3 Å². The fraction of sp³-hybridized carbons (Fsp3) is 0.312. The number of nitrogens with zero attached hydrogens (tertiary/aromatic N) is 1. The zero-order valence-corrected chi connectivity index (χ0v) is 13.1. The molecule has 2 heterocycles. The van der Waals surface area contributed by atoms with Gasteiger partial charge in [-0.05, 0) is 26.0 Å². The van der Waals surface area contributed by atoms with Crippen molar-refractivity contribution in [3.63, 3.8) is 0 Å². The molecule has 1 aliphatic heterocycles. The van der Waals surface area contributed by atoms with E-state index in [4.69, 9.17) is 18.7 Å². The molecule has 2 atom stereocenters. The number of hydrogen-bond acceptors (Lipinski definition) is 7. The summed E-state index contributed by atoms with van der Waals surface area (Å²) in [6.07, 6.45) is -1.94. The molecule has 8 nitrogen and oxygen atoms in total. The van der Waals surface area contributed by atoms with Gasteiger partial charge in [-0.1, -0.05) is 17.3 Å². The number of aryl methyl sites for hydroxylation is 1. The summed E-state index contributed by atoms with van der Waals surface area (Å²) in [6.45, 7) is 3.18. The van der Waals surface area contributed by atoms with Crippen molar-refractivity contribution in [3.8, 4) is 11.5 Å². The van der Waals surface area contributed by atoms with Gasteiger partial charge in [0.2, 0.25) is 6.10 Å². The standard InChI is InChI=1S/C16H16N2O6/c1-9-7-14(18-24-9)17-15(19)10(2)22-16(20)13-8-21-11-5-3-4-6-12(11)23-13/h3-7,10,13H,8H2,1-2H3,(H,17,18,19)/t10-,13+/m0/s1. The van der Waals surface area contributed by atoms with Gasteiger partial charge in [-0.2, -0.15) is 0 Å². The number of carbonyl (C=O) groups is 2. The van der Waals surface area contributed by atoms with Crippen molar-refractivity contribution in [3.05, 3.63) is 36.1 Å². The molecule has 1 aliphatic rings. The maximum absolute atomic E-state index is 12.1. The number of rotatable bonds is 4. The maximum atomic E-state index is 12.1. The van der Waals surface area contributed by atoms with Crippen molar-refractivity contribution in [2.75, 3.05) is 11.9 Å². The van der Waals surface area contributed by atoms with Crippen LogP contribution in [0.15, 0.2) is 34.9 Å². The smallest absolute Gasteiger partial charge is 0.351 e. The second kappa shape index (κ2) is 6.61. The fourth-order valence-corrected chi connectivity index (χ4v) is 2.09. The summed E-state index contributed by atoms with van der Waals surface area (Å²) >= 11 is 0. The zero-order valence-electron chi connectivity index (χ0n) is 13.1. The van der Waals surface area contributed by atoms with E-state index < -0.39 is 24.1 Å². The van der Waals surface area contributed by atoms with E-state index in [1.807, 2.05) is 0 Å². The van der Waals surface area contributed by atoms with E-state index in [-0.39, 0.29) is 12.4 Å². The molecule has 24 heavy (non-hydrogen) atoms. The number of ether oxygens (including phenoxy) is 3. The number of fused-ring (bicyclic) bond motifs is 1. The molecule has 0 fully saturated rings. The molecule has 0 spiro atoms. The van der Waals surface area contributed by atoms with Crippen molar-refractivity contribution in [2.24, 2.45) is 0 Å². The quantitative estimate of drug-likeness (QED) is 0.850. The van der Waals surface area contributed by atoms with Crippen molar-refractivity contribution in [2.45, 2.75) is 26.1 Å². The molecule has 1 N–H and O–H groups in total. The average molecular weight is 332 g/mol. The number of para-hydroxylation sites is 2. The van der Waals surface area contributed by atoms with E-state index in [0.717, 1.165) is 0 Å². The van der Waals surface area contributed by atoms with Gasteiger partial charge in [0.25, 0.3) is 5.91 Å². The molecule has 1 amide bonds. The predicted octanol–water partition coefficient (Wildman–Crippen LogP) is 1.69. The van der Waals surface area contributed by atoms with Crippen LogP contribution in [-0.2, 0) is 14.3 Å². The summed E-state index contributed by atoms with van der Waals surface area (Å²) in [5.74, 6) is 0.639. The Morgan fingerprint density at radius 1 is 1.33 bits per heavy atom. The van der Waals surface area contributed by atoms with Gasteiger partial charge in [0, 0.05) is 6.07 Å². The molecular formula is C16H16N2O6. The van der Waals surface area contributed by atoms with Crippen LogP contribution in [0.4, 0.5) is 5.82 Å². The minimum Gasteiger partial charge on any atom is -0.485 e. The second-order valence-electron chi connectivity index (χ2n) is 5.26. The van der Waals surface area contributed by atoms with Crippen LogP contribution < -0.4 is 14.8 Å². The Balaban J connectivity index is 1.55. The number of carbonyl (C=O) groups excluding carboxylic acids is 2. The highest BCUT2D eigenvalue weighted by Crippen LogP contribution is 2.31. The van der Waals surface area contributed by atoms with Crippen LogP contribution >= 0.6 is 0 Å². The molecule has 0 saturated carbocycles. The molecule has 0 bridgehead atoms. The fourth-order valence-electron chi connectivity index (χ4n) is 2.09. The highest BCUT2D eigenvalue weighted by atomic mass is 16.6. The third kappa shape index (κ3) is 3.48. The van der Waals surface area contributed by atoms with E-state index in [1.54, 1.807) is 37.3 Å². The molecule has 3 rings (SSSR count). The lowest BCUT2D eigenvalue weighted by molar-refractivity contribution is -0.162. The lowest BCUT2D eigenvalue weighted by Crippen LogP contribution is -2.41. The van der Waals surface area contributed by atoms with Gasteiger partial charge in [-0.25, -0.2) is 4.79 Å². The lowest BCUT2D eigenvalue weighted by atomic mass is 10.2. The van der Waals surface area contributed by atoms with Crippen molar-refractivity contribution in [1.82, 2.24) is 5.16 Å². The number of benzene rings is 1. The Morgan fingerprint density at radius 2 is 2.08 bits per heavy atom. The lowest BCUT2D eigenvalue weighted by Gasteiger charge is -2.25. The Morgan fingerprint density at radius 3 is 2.79 bits per heavy atom. The van der Waals surface area contributed by atoms with Crippen LogP contribution in [0.1, 0.15) is 12.7 Å². The average Bonchev–Trinajstić information content (AvgIpc) is 2.99. The number of hydrogen-bond donors (Lipinski definition) is 1. The maximum Gasteiger partial charge on any atom is 0.351 e. The monoisotopic (exact) mass is 332 g/mol. The first kappa shape index (κ1) is 15.9. The highest BCUT2D eigenvalue weighted by molar-refractivity contribution is 5.94. The third-order valence-corrected chi connectivity index (χ3v) is 3.31. The van der Waals surface area contributed by atoms with Gasteiger partial charge >= 0.3 is 5.97 Å². The molecule has 126 valence electrons. The number of aromatic nitrogens is 1. The summed E-state index contributed by atoms with van der Waals surface area (Å²) in [6, 6.07) is 8.57. The number of esters is 1. The molecule has 0 saturated heterocycles. The van der Waals surface area contributed by atoms with Gasteiger partial charge in [0.05, 0.1) is 0 Å². The predicted molar refractivity (Wildman–Crippen MR) is 81.8 cm³/mol. The minimum atomic E-state index is -1.02. The van der Waals surface area contributed by atoms with Gasteiger partial charge in [0.1, 0.15) is 12.4 Å². The van der Waals surface area contributed by atoms with Crippen molar-refractivity contribution >= 4 is 17.7 Å². The minimum absolute atomic E-state index is 0.0205. The first-order valence-electron chi connectivity index (χ1n) is 7.36. The Labute approximate surface area is 137 Å². The van der Waals surface area contributed by atoms with E-state index in [2.05, 4.69) is 10.5 Å². The van der Waals surface area contributed by atoms with E-state index >= 15 is 0 Å². The molecule has 0 aliphatic carbocycles. The van der Waals surface area contributed by atoms with Gasteiger partial charge in [-0.15, -0.1) is 0 Å². The topological polar surface area (TPSA) is 99.9 Å². The molecular weight excluding hydrogens is 316 g/mol. The van der Waals surface area contributed by atoms with Crippen LogP contribution in [0, 0.1) is 6.92 Å². The first-order valence-corrected chi connectivity index (χ1v) is 7.36. The van der Waals surface area contributed by atoms with E-state index in [0.29, 0.717) is 17.3 Å². The van der Waals surface area contributed by atoms with Crippen LogP contribution in [-0.4, -0.2) is 35.8 Å². The zero-order chi connectivity index (χ0) is 17.1. The molecule has 8 heteroatoms. The third-order valence-electron chi connectivity index (χ3n) is 3.31. The van der Waals surface area contributed by atoms with Crippen LogP contribution in [0.25, 0.3) is 0 Å². The van der Waals surface area contributed by atoms with Crippen LogP contribution in [0.5, 0.6) is 11.5 Å². The van der Waals surface area contributed by atoms with Gasteiger partial charge in [0.15, 0.2) is 23.4 Å². The Kier molecular flexibility index (Phi) is 4.37. The summed E-state index contributed by atoms with van der Waals surface area (Å²) in [5.41, 5.74) is 0. The summed E-state index contributed by atoms with van der Waals surface area (Å²) in [4.78, 5) is 24.1. The number of anilines is 1. The van der Waals surface area contributed by atoms with Gasteiger partial charge in [-0.3, -0.25) is 4.79 Å². The van der Waals surface area contributed by atoms with Crippen LogP contribution in [0.3, 0.4) is 0 Å². The first-order chi connectivity index (χ1) is 11.5. The largest absolute Gasteiger partial charge is 0.485 e. The van der Waals surface area contributed by atoms with Crippen LogP contribution in [0.2, 0.25) is 0 Å². The Hall–Kier alpha value is -3.03. The summed E-state index contributed by atoms with van der Waals surface area (Å²) in [7, 11) is 0. The summed E-state index contributed by atoms with van der Waals surface area (Å²) < 4.78 is 21.0. The summed E-state index contributed by atoms with van der Waals surface area (Å²) in [5, 5.41) is 6.13. The SMILES string of the molecule is Cc1cc(NC(=O)[C@H](C)OC(=O)[C@H]2COc3ccccc3O2)no1. The highest BCUT2D eigenvalue weighted by Gasteiger charge is 2.31. The van der Waals surface area contributed by atoms with Crippen molar-refractivity contribution in [1.29, 1.82) is 0 Å². The Bertz CT molecular complexity index is 757. The number of nitrogens with one attached hydrogen (secondary N) is 1. The normalized spacial score (nSPS) is 17.0. The van der Waals surface area contributed by atoms with E-state index in [9.17, 15) is 9.59 Å². The van der Waals surface area contributed by atoms with Gasteiger partial charge < -0.3 is 24.1 Å². The number of amides is 1. The molecule has 0 unspecified atom stereocenters. The molecule has 1 aromatic carbocycles. The molecule has 0 radical (unpaired) electrons. The van der Waals surface area contributed by atoms with E-state index in [1.165, 1.54) is 6.92 Å². The molecule has 2 aromatic rings. The molecule has 1 aromatic heterocycles.